The van der Waals surface area contributed by atoms with Gasteiger partial charge in [-0.25, -0.2) is 4.39 Å². The van der Waals surface area contributed by atoms with Gasteiger partial charge in [0, 0.05) is 31.1 Å². The number of likely N-dealkylation sites (tertiary alicyclic amines) is 1. The Morgan fingerprint density at radius 2 is 2.20 bits per heavy atom. The van der Waals surface area contributed by atoms with Crippen molar-refractivity contribution in [2.24, 2.45) is 5.73 Å². The van der Waals surface area contributed by atoms with E-state index in [-0.39, 0.29) is 17.8 Å². The Balaban J connectivity index is 2.09. The first-order valence-corrected chi connectivity index (χ1v) is 4.93. The van der Waals surface area contributed by atoms with E-state index in [4.69, 9.17) is 5.73 Å². The molecule has 2 N–H and O–H groups in total. The lowest BCUT2D eigenvalue weighted by atomic mass is 10.2. The number of benzene rings is 1. The minimum absolute atomic E-state index is 0.00533. The fourth-order valence-corrected chi connectivity index (χ4v) is 1.79. The molecule has 1 aromatic rings. The number of carbonyl (C=O) groups excluding carboxylic acids is 1. The molecular weight excluding hydrogens is 195 g/mol. The zero-order chi connectivity index (χ0) is 10.8. The van der Waals surface area contributed by atoms with Crippen molar-refractivity contribution in [2.75, 3.05) is 6.54 Å². The van der Waals surface area contributed by atoms with Crippen LogP contribution in [0.15, 0.2) is 24.3 Å². The lowest BCUT2D eigenvalue weighted by Gasteiger charge is -2.16. The van der Waals surface area contributed by atoms with E-state index >= 15 is 0 Å². The number of hydrogen-bond donors (Lipinski definition) is 1. The molecule has 3 nitrogen and oxygen atoms in total. The number of halogens is 1. The topological polar surface area (TPSA) is 46.3 Å². The Hall–Kier alpha value is -1.42. The highest BCUT2D eigenvalue weighted by molar-refractivity contribution is 5.79. The molecule has 0 radical (unpaired) electrons. The number of nitrogens with zero attached hydrogens (tertiary/aromatic N) is 1. The Morgan fingerprint density at radius 3 is 2.80 bits per heavy atom. The number of amides is 1. The summed E-state index contributed by atoms with van der Waals surface area (Å²) >= 11 is 0. The van der Waals surface area contributed by atoms with Crippen LogP contribution in [0.25, 0.3) is 0 Å². The van der Waals surface area contributed by atoms with E-state index in [2.05, 4.69) is 0 Å². The van der Waals surface area contributed by atoms with Crippen LogP contribution in [0.4, 0.5) is 4.39 Å². The lowest BCUT2D eigenvalue weighted by Crippen LogP contribution is -2.28. The van der Waals surface area contributed by atoms with Crippen LogP contribution in [0.3, 0.4) is 0 Å². The molecule has 4 heteroatoms. The first-order chi connectivity index (χ1) is 7.16. The van der Waals surface area contributed by atoms with Gasteiger partial charge in [0.1, 0.15) is 5.82 Å². The second-order valence-corrected chi connectivity index (χ2v) is 3.83. The standard InChI is InChI=1S/C11H13FN2O/c12-10-4-2-1-3-8(10)6-14-7-9(13)5-11(14)15/h1-4,9H,5-7,13H2/t9-/m0/s1. The molecule has 1 aromatic carbocycles. The van der Waals surface area contributed by atoms with Crippen molar-refractivity contribution in [2.45, 2.75) is 19.0 Å². The van der Waals surface area contributed by atoms with Gasteiger partial charge in [-0.15, -0.1) is 0 Å². The fourth-order valence-electron chi connectivity index (χ4n) is 1.79. The van der Waals surface area contributed by atoms with Gasteiger partial charge in [-0.2, -0.15) is 0 Å². The van der Waals surface area contributed by atoms with Crippen LogP contribution in [0.1, 0.15) is 12.0 Å². The first-order valence-electron chi connectivity index (χ1n) is 4.93. The number of hydrogen-bond acceptors (Lipinski definition) is 2. The number of rotatable bonds is 2. The minimum atomic E-state index is -0.272. The quantitative estimate of drug-likeness (QED) is 0.784. The van der Waals surface area contributed by atoms with Gasteiger partial charge in [0.25, 0.3) is 0 Å². The van der Waals surface area contributed by atoms with E-state index in [1.54, 1.807) is 23.1 Å². The summed E-state index contributed by atoms with van der Waals surface area (Å²) in [5.74, 6) is -0.267. The van der Waals surface area contributed by atoms with Crippen LogP contribution in [-0.4, -0.2) is 23.4 Å². The third-order valence-corrected chi connectivity index (χ3v) is 2.56. The molecule has 0 unspecified atom stereocenters. The van der Waals surface area contributed by atoms with Crippen LogP contribution >= 0.6 is 0 Å². The number of carbonyl (C=O) groups is 1. The van der Waals surface area contributed by atoms with Crippen molar-refractivity contribution < 1.29 is 9.18 Å². The van der Waals surface area contributed by atoms with Crippen molar-refractivity contribution in [1.29, 1.82) is 0 Å². The van der Waals surface area contributed by atoms with E-state index in [0.717, 1.165) is 0 Å². The molecule has 1 amide bonds. The van der Waals surface area contributed by atoms with Gasteiger partial charge in [0.05, 0.1) is 0 Å². The van der Waals surface area contributed by atoms with Crippen molar-refractivity contribution >= 4 is 5.91 Å². The summed E-state index contributed by atoms with van der Waals surface area (Å²) in [6, 6.07) is 6.38. The summed E-state index contributed by atoms with van der Waals surface area (Å²) < 4.78 is 13.3. The van der Waals surface area contributed by atoms with Gasteiger partial charge in [0.15, 0.2) is 0 Å². The van der Waals surface area contributed by atoms with E-state index in [1.165, 1.54) is 6.07 Å². The molecule has 1 heterocycles. The molecule has 1 aliphatic heterocycles. The Morgan fingerprint density at radius 1 is 1.47 bits per heavy atom. The summed E-state index contributed by atoms with van der Waals surface area (Å²) in [7, 11) is 0. The molecule has 80 valence electrons. The maximum Gasteiger partial charge on any atom is 0.224 e. The zero-order valence-corrected chi connectivity index (χ0v) is 8.32. The molecule has 1 saturated heterocycles. The van der Waals surface area contributed by atoms with E-state index in [0.29, 0.717) is 25.1 Å². The molecule has 0 bridgehead atoms. The molecule has 1 atom stereocenters. The molecule has 0 aliphatic carbocycles. The highest BCUT2D eigenvalue weighted by Gasteiger charge is 2.27. The molecule has 0 aromatic heterocycles. The summed E-state index contributed by atoms with van der Waals surface area (Å²) in [4.78, 5) is 13.0. The van der Waals surface area contributed by atoms with Gasteiger partial charge in [-0.3, -0.25) is 4.79 Å². The lowest BCUT2D eigenvalue weighted by molar-refractivity contribution is -0.128. The smallest absolute Gasteiger partial charge is 0.224 e. The normalized spacial score (nSPS) is 21.1. The van der Waals surface area contributed by atoms with Crippen molar-refractivity contribution in [3.63, 3.8) is 0 Å². The third-order valence-electron chi connectivity index (χ3n) is 2.56. The Labute approximate surface area is 87.7 Å². The van der Waals surface area contributed by atoms with Crippen LogP contribution < -0.4 is 5.73 Å². The fraction of sp³-hybridized carbons (Fsp3) is 0.364. The van der Waals surface area contributed by atoms with Crippen LogP contribution in [0.2, 0.25) is 0 Å². The van der Waals surface area contributed by atoms with Gasteiger partial charge in [0.2, 0.25) is 5.91 Å². The monoisotopic (exact) mass is 208 g/mol. The van der Waals surface area contributed by atoms with Gasteiger partial charge >= 0.3 is 0 Å². The first kappa shape index (κ1) is 10.1. The molecule has 0 spiro atoms. The van der Waals surface area contributed by atoms with E-state index in [1.807, 2.05) is 0 Å². The van der Waals surface area contributed by atoms with Crippen molar-refractivity contribution in [3.05, 3.63) is 35.6 Å². The van der Waals surface area contributed by atoms with Crippen LogP contribution in [0, 0.1) is 5.82 Å². The Kier molecular flexibility index (Phi) is 2.68. The molecular formula is C11H13FN2O. The molecule has 15 heavy (non-hydrogen) atoms. The van der Waals surface area contributed by atoms with Crippen LogP contribution in [0.5, 0.6) is 0 Å². The van der Waals surface area contributed by atoms with Crippen molar-refractivity contribution in [1.82, 2.24) is 4.90 Å². The maximum absolute atomic E-state index is 13.3. The maximum atomic E-state index is 13.3. The SMILES string of the molecule is N[C@H]1CC(=O)N(Cc2ccccc2F)C1. The largest absolute Gasteiger partial charge is 0.337 e. The van der Waals surface area contributed by atoms with Gasteiger partial charge in [-0.05, 0) is 6.07 Å². The van der Waals surface area contributed by atoms with Crippen molar-refractivity contribution in [3.8, 4) is 0 Å². The zero-order valence-electron chi connectivity index (χ0n) is 8.32. The second-order valence-electron chi connectivity index (χ2n) is 3.83. The predicted octanol–water partition coefficient (Wildman–Crippen LogP) is 0.885. The van der Waals surface area contributed by atoms with Gasteiger partial charge < -0.3 is 10.6 Å². The predicted molar refractivity (Wildman–Crippen MR) is 54.4 cm³/mol. The molecule has 1 aliphatic rings. The third kappa shape index (κ3) is 2.15. The number of nitrogens with two attached hydrogens (primary N) is 1. The minimum Gasteiger partial charge on any atom is -0.337 e. The second kappa shape index (κ2) is 3.98. The summed E-state index contributed by atoms with van der Waals surface area (Å²) in [5.41, 5.74) is 6.19. The van der Waals surface area contributed by atoms with Gasteiger partial charge in [-0.1, -0.05) is 18.2 Å². The molecule has 0 saturated carbocycles. The average molecular weight is 208 g/mol. The summed E-state index contributed by atoms with van der Waals surface area (Å²) in [6.07, 6.45) is 0.369. The molecule has 2 rings (SSSR count). The van der Waals surface area contributed by atoms with Crippen LogP contribution in [-0.2, 0) is 11.3 Å². The average Bonchev–Trinajstić information content (AvgIpc) is 2.49. The highest BCUT2D eigenvalue weighted by atomic mass is 19.1. The summed E-state index contributed by atoms with van der Waals surface area (Å²) in [5, 5.41) is 0. The summed E-state index contributed by atoms with van der Waals surface area (Å²) in [6.45, 7) is 0.840. The highest BCUT2D eigenvalue weighted by Crippen LogP contribution is 2.15. The van der Waals surface area contributed by atoms with E-state index < -0.39 is 0 Å². The Bertz CT molecular complexity index is 381. The molecule has 1 fully saturated rings. The van der Waals surface area contributed by atoms with E-state index in [9.17, 15) is 9.18 Å².